The smallest absolute Gasteiger partial charge is 0.411 e. The average molecular weight is 470 g/mol. The van der Waals surface area contributed by atoms with Crippen molar-refractivity contribution in [2.24, 2.45) is 0 Å². The summed E-state index contributed by atoms with van der Waals surface area (Å²) in [5, 5.41) is 5.29. The molecular formula is C18H19IN2O5. The van der Waals surface area contributed by atoms with E-state index >= 15 is 0 Å². The standard InChI is InChI=1S/C18H19IN2O5/c1-24-9-10-25-18(23)21-15-4-2-3-14(11-15)20-17(22)12-26-16-7-5-13(19)6-8-16/h2-8,11H,9-10,12H2,1H3,(H,20,22)(H,21,23). The molecule has 0 radical (unpaired) electrons. The summed E-state index contributed by atoms with van der Waals surface area (Å²) < 4.78 is 16.2. The number of hydrogen-bond donors (Lipinski definition) is 2. The first-order chi connectivity index (χ1) is 12.6. The average Bonchev–Trinajstić information content (AvgIpc) is 2.62. The molecule has 2 amide bonds. The van der Waals surface area contributed by atoms with Crippen LogP contribution in [0, 0.1) is 3.57 Å². The zero-order valence-electron chi connectivity index (χ0n) is 14.2. The van der Waals surface area contributed by atoms with E-state index in [9.17, 15) is 9.59 Å². The minimum atomic E-state index is -0.590. The van der Waals surface area contributed by atoms with Crippen LogP contribution in [0.5, 0.6) is 5.75 Å². The number of rotatable bonds is 8. The molecule has 0 aliphatic carbocycles. The fourth-order valence-corrected chi connectivity index (χ4v) is 2.28. The number of amides is 2. The molecule has 138 valence electrons. The van der Waals surface area contributed by atoms with Gasteiger partial charge in [-0.25, -0.2) is 4.79 Å². The molecule has 0 saturated carbocycles. The van der Waals surface area contributed by atoms with Crippen molar-refractivity contribution in [3.8, 4) is 5.75 Å². The highest BCUT2D eigenvalue weighted by Crippen LogP contribution is 2.16. The van der Waals surface area contributed by atoms with Crippen LogP contribution in [0.4, 0.5) is 16.2 Å². The first-order valence-corrected chi connectivity index (χ1v) is 8.85. The molecule has 26 heavy (non-hydrogen) atoms. The van der Waals surface area contributed by atoms with E-state index in [1.807, 2.05) is 12.1 Å². The first-order valence-electron chi connectivity index (χ1n) is 7.78. The van der Waals surface area contributed by atoms with Crippen molar-refractivity contribution in [3.63, 3.8) is 0 Å². The van der Waals surface area contributed by atoms with Crippen LogP contribution in [0.2, 0.25) is 0 Å². The number of nitrogens with one attached hydrogen (secondary N) is 2. The van der Waals surface area contributed by atoms with Gasteiger partial charge in [-0.15, -0.1) is 0 Å². The van der Waals surface area contributed by atoms with E-state index < -0.39 is 6.09 Å². The Hall–Kier alpha value is -2.33. The number of benzene rings is 2. The van der Waals surface area contributed by atoms with E-state index in [1.54, 1.807) is 36.4 Å². The van der Waals surface area contributed by atoms with Crippen molar-refractivity contribution < 1.29 is 23.8 Å². The second-order valence-corrected chi connectivity index (χ2v) is 6.37. The Kier molecular flexibility index (Phi) is 8.16. The van der Waals surface area contributed by atoms with Gasteiger partial charge in [0.25, 0.3) is 5.91 Å². The predicted molar refractivity (Wildman–Crippen MR) is 107 cm³/mol. The minimum absolute atomic E-state index is 0.114. The highest BCUT2D eigenvalue weighted by molar-refractivity contribution is 14.1. The van der Waals surface area contributed by atoms with Gasteiger partial charge in [0.1, 0.15) is 12.4 Å². The molecule has 0 atom stereocenters. The molecule has 0 spiro atoms. The lowest BCUT2D eigenvalue weighted by Crippen LogP contribution is -2.20. The lowest BCUT2D eigenvalue weighted by atomic mass is 10.2. The van der Waals surface area contributed by atoms with Gasteiger partial charge < -0.3 is 19.5 Å². The summed E-state index contributed by atoms with van der Waals surface area (Å²) in [6, 6.07) is 14.1. The summed E-state index contributed by atoms with van der Waals surface area (Å²) >= 11 is 2.19. The lowest BCUT2D eigenvalue weighted by molar-refractivity contribution is -0.118. The van der Waals surface area contributed by atoms with Gasteiger partial charge in [-0.3, -0.25) is 10.1 Å². The maximum atomic E-state index is 12.0. The van der Waals surface area contributed by atoms with Crippen LogP contribution in [0.25, 0.3) is 0 Å². The van der Waals surface area contributed by atoms with E-state index in [4.69, 9.17) is 14.2 Å². The summed E-state index contributed by atoms with van der Waals surface area (Å²) in [5.74, 6) is 0.318. The third kappa shape index (κ3) is 7.28. The molecule has 0 fully saturated rings. The first kappa shape index (κ1) is 20.0. The third-order valence-corrected chi connectivity index (χ3v) is 3.82. The molecule has 0 aromatic heterocycles. The number of anilines is 2. The van der Waals surface area contributed by atoms with Crippen molar-refractivity contribution in [2.45, 2.75) is 0 Å². The molecule has 0 aliphatic rings. The number of carbonyl (C=O) groups excluding carboxylic acids is 2. The maximum absolute atomic E-state index is 12.0. The Morgan fingerprint density at radius 1 is 1.00 bits per heavy atom. The molecule has 2 rings (SSSR count). The van der Waals surface area contributed by atoms with Crippen molar-refractivity contribution in [3.05, 3.63) is 52.1 Å². The Bertz CT molecular complexity index is 737. The van der Waals surface area contributed by atoms with Gasteiger partial charge in [0.15, 0.2) is 6.61 Å². The highest BCUT2D eigenvalue weighted by Gasteiger charge is 2.07. The molecule has 0 unspecified atom stereocenters. The second-order valence-electron chi connectivity index (χ2n) is 5.13. The van der Waals surface area contributed by atoms with Gasteiger partial charge in [-0.2, -0.15) is 0 Å². The normalized spacial score (nSPS) is 10.1. The number of halogens is 1. The van der Waals surface area contributed by atoms with Crippen molar-refractivity contribution in [1.29, 1.82) is 0 Å². The van der Waals surface area contributed by atoms with E-state index in [-0.39, 0.29) is 19.1 Å². The molecule has 0 aliphatic heterocycles. The van der Waals surface area contributed by atoms with Crippen LogP contribution in [-0.2, 0) is 14.3 Å². The molecule has 2 aromatic rings. The molecule has 0 saturated heterocycles. The monoisotopic (exact) mass is 470 g/mol. The van der Waals surface area contributed by atoms with Gasteiger partial charge >= 0.3 is 6.09 Å². The van der Waals surface area contributed by atoms with E-state index in [1.165, 1.54) is 7.11 Å². The molecular weight excluding hydrogens is 451 g/mol. The topological polar surface area (TPSA) is 85.9 Å². The number of hydrogen-bond acceptors (Lipinski definition) is 5. The van der Waals surface area contributed by atoms with Crippen LogP contribution in [0.15, 0.2) is 48.5 Å². The fourth-order valence-electron chi connectivity index (χ4n) is 1.92. The van der Waals surface area contributed by atoms with Crippen LogP contribution in [0.3, 0.4) is 0 Å². The molecule has 0 heterocycles. The zero-order chi connectivity index (χ0) is 18.8. The molecule has 0 bridgehead atoms. The van der Waals surface area contributed by atoms with Crippen LogP contribution >= 0.6 is 22.6 Å². The van der Waals surface area contributed by atoms with Gasteiger partial charge in [-0.1, -0.05) is 6.07 Å². The third-order valence-electron chi connectivity index (χ3n) is 3.10. The quantitative estimate of drug-likeness (QED) is 0.456. The highest BCUT2D eigenvalue weighted by atomic mass is 127. The second kappa shape index (κ2) is 10.6. The van der Waals surface area contributed by atoms with E-state index in [0.29, 0.717) is 23.7 Å². The Morgan fingerprint density at radius 2 is 1.69 bits per heavy atom. The molecule has 2 N–H and O–H groups in total. The van der Waals surface area contributed by atoms with Crippen molar-refractivity contribution >= 4 is 46.0 Å². The van der Waals surface area contributed by atoms with E-state index in [2.05, 4.69) is 33.2 Å². The van der Waals surface area contributed by atoms with Crippen molar-refractivity contribution in [1.82, 2.24) is 0 Å². The van der Waals surface area contributed by atoms with E-state index in [0.717, 1.165) is 3.57 Å². The molecule has 2 aromatic carbocycles. The summed E-state index contributed by atoms with van der Waals surface area (Å²) in [5.41, 5.74) is 1.04. The zero-order valence-corrected chi connectivity index (χ0v) is 16.3. The summed E-state index contributed by atoms with van der Waals surface area (Å²) in [7, 11) is 1.52. The number of ether oxygens (including phenoxy) is 3. The van der Waals surface area contributed by atoms with Gasteiger partial charge in [-0.05, 0) is 65.1 Å². The summed E-state index contributed by atoms with van der Waals surface area (Å²) in [4.78, 5) is 23.6. The van der Waals surface area contributed by atoms with Crippen LogP contribution < -0.4 is 15.4 Å². The fraction of sp³-hybridized carbons (Fsp3) is 0.222. The Balaban J connectivity index is 1.82. The lowest BCUT2D eigenvalue weighted by Gasteiger charge is -2.10. The Labute approximate surface area is 165 Å². The predicted octanol–water partition coefficient (Wildman–Crippen LogP) is 3.50. The largest absolute Gasteiger partial charge is 0.484 e. The summed E-state index contributed by atoms with van der Waals surface area (Å²) in [6.45, 7) is 0.371. The number of methoxy groups -OCH3 is 1. The van der Waals surface area contributed by atoms with Crippen LogP contribution in [0.1, 0.15) is 0 Å². The minimum Gasteiger partial charge on any atom is -0.484 e. The maximum Gasteiger partial charge on any atom is 0.411 e. The van der Waals surface area contributed by atoms with Crippen molar-refractivity contribution in [2.75, 3.05) is 37.6 Å². The number of carbonyl (C=O) groups is 2. The van der Waals surface area contributed by atoms with Gasteiger partial charge in [0.05, 0.1) is 6.61 Å². The SMILES string of the molecule is COCCOC(=O)Nc1cccc(NC(=O)COc2ccc(I)cc2)c1. The van der Waals surface area contributed by atoms with Gasteiger partial charge in [0, 0.05) is 22.1 Å². The molecule has 7 nitrogen and oxygen atoms in total. The molecule has 8 heteroatoms. The van der Waals surface area contributed by atoms with Gasteiger partial charge in [0.2, 0.25) is 0 Å². The van der Waals surface area contributed by atoms with Crippen LogP contribution in [-0.4, -0.2) is 38.9 Å². The Morgan fingerprint density at radius 3 is 2.38 bits per heavy atom. The summed E-state index contributed by atoms with van der Waals surface area (Å²) in [6.07, 6.45) is -0.590.